The third-order valence-electron chi connectivity index (χ3n) is 4.08. The summed E-state index contributed by atoms with van der Waals surface area (Å²) in [7, 11) is 2.20. The molecule has 0 atom stereocenters. The Labute approximate surface area is 122 Å². The Morgan fingerprint density at radius 1 is 1.20 bits per heavy atom. The Kier molecular flexibility index (Phi) is 5.17. The van der Waals surface area contributed by atoms with E-state index in [0.29, 0.717) is 5.41 Å². The van der Waals surface area contributed by atoms with Crippen molar-refractivity contribution in [3.05, 3.63) is 12.4 Å². The van der Waals surface area contributed by atoms with Crippen LogP contribution in [0, 0.1) is 5.41 Å². The van der Waals surface area contributed by atoms with E-state index in [0.717, 1.165) is 31.1 Å². The van der Waals surface area contributed by atoms with Crippen molar-refractivity contribution in [2.75, 3.05) is 43.9 Å². The van der Waals surface area contributed by atoms with Gasteiger partial charge in [-0.25, -0.2) is 4.98 Å². The fourth-order valence-electron chi connectivity index (χ4n) is 2.43. The molecule has 1 aliphatic heterocycles. The standard InChI is InChI=1S/C15H27N5/c1-4-7-17-13-10-16-11-14(19-13)18-12-15(2)5-8-20(3)9-6-15/h10-11H,4-9,12H2,1-3H3,(H2,17,18,19). The first-order chi connectivity index (χ1) is 9.61. The van der Waals surface area contributed by atoms with Crippen molar-refractivity contribution < 1.29 is 0 Å². The summed E-state index contributed by atoms with van der Waals surface area (Å²) in [6, 6.07) is 0. The van der Waals surface area contributed by atoms with Gasteiger partial charge in [0.25, 0.3) is 0 Å². The van der Waals surface area contributed by atoms with Gasteiger partial charge in [0, 0.05) is 13.1 Å². The maximum absolute atomic E-state index is 4.55. The van der Waals surface area contributed by atoms with E-state index in [4.69, 9.17) is 0 Å². The molecule has 0 aliphatic carbocycles. The maximum Gasteiger partial charge on any atom is 0.146 e. The van der Waals surface area contributed by atoms with Crippen LogP contribution in [-0.2, 0) is 0 Å². The van der Waals surface area contributed by atoms with Gasteiger partial charge in [-0.05, 0) is 44.8 Å². The fourth-order valence-corrected chi connectivity index (χ4v) is 2.43. The highest BCUT2D eigenvalue weighted by Gasteiger charge is 2.28. The van der Waals surface area contributed by atoms with Crippen LogP contribution in [-0.4, -0.2) is 48.1 Å². The fraction of sp³-hybridized carbons (Fsp3) is 0.733. The predicted octanol–water partition coefficient (Wildman–Crippen LogP) is 2.44. The van der Waals surface area contributed by atoms with Gasteiger partial charge >= 0.3 is 0 Å². The van der Waals surface area contributed by atoms with E-state index >= 15 is 0 Å². The first-order valence-electron chi connectivity index (χ1n) is 7.60. The van der Waals surface area contributed by atoms with Gasteiger partial charge in [-0.15, -0.1) is 0 Å². The number of anilines is 2. The topological polar surface area (TPSA) is 53.1 Å². The molecule has 0 radical (unpaired) electrons. The molecular formula is C15H27N5. The molecule has 2 heterocycles. The van der Waals surface area contributed by atoms with E-state index in [9.17, 15) is 0 Å². The van der Waals surface area contributed by atoms with E-state index in [2.05, 4.69) is 46.4 Å². The molecule has 0 amide bonds. The van der Waals surface area contributed by atoms with Gasteiger partial charge in [-0.1, -0.05) is 13.8 Å². The molecule has 1 saturated heterocycles. The summed E-state index contributed by atoms with van der Waals surface area (Å²) in [5.74, 6) is 1.72. The van der Waals surface area contributed by atoms with Gasteiger partial charge in [0.2, 0.25) is 0 Å². The van der Waals surface area contributed by atoms with E-state index in [1.54, 1.807) is 12.4 Å². The highest BCUT2D eigenvalue weighted by Crippen LogP contribution is 2.30. The van der Waals surface area contributed by atoms with E-state index in [-0.39, 0.29) is 0 Å². The normalized spacial score (nSPS) is 18.8. The molecule has 5 nitrogen and oxygen atoms in total. The monoisotopic (exact) mass is 277 g/mol. The van der Waals surface area contributed by atoms with Crippen LogP contribution < -0.4 is 10.6 Å². The third-order valence-corrected chi connectivity index (χ3v) is 4.08. The van der Waals surface area contributed by atoms with Crippen LogP contribution >= 0.6 is 0 Å². The Balaban J connectivity index is 1.87. The first kappa shape index (κ1) is 15.0. The molecule has 2 rings (SSSR count). The Morgan fingerprint density at radius 3 is 2.50 bits per heavy atom. The lowest BCUT2D eigenvalue weighted by molar-refractivity contribution is 0.150. The summed E-state index contributed by atoms with van der Waals surface area (Å²) in [5.41, 5.74) is 0.362. The number of hydrogen-bond donors (Lipinski definition) is 2. The minimum Gasteiger partial charge on any atom is -0.369 e. The molecule has 1 aromatic heterocycles. The van der Waals surface area contributed by atoms with Crippen LogP contribution in [0.25, 0.3) is 0 Å². The second kappa shape index (κ2) is 6.88. The summed E-state index contributed by atoms with van der Waals surface area (Å²) in [6.07, 6.45) is 7.13. The summed E-state index contributed by atoms with van der Waals surface area (Å²) in [6.45, 7) is 8.77. The number of piperidine rings is 1. The number of nitrogens with one attached hydrogen (secondary N) is 2. The van der Waals surface area contributed by atoms with Gasteiger partial charge in [0.1, 0.15) is 11.6 Å². The summed E-state index contributed by atoms with van der Waals surface area (Å²) in [4.78, 5) is 11.2. The van der Waals surface area contributed by atoms with Crippen LogP contribution in [0.2, 0.25) is 0 Å². The zero-order chi connectivity index (χ0) is 14.4. The molecule has 1 aromatic rings. The van der Waals surface area contributed by atoms with Crippen molar-refractivity contribution in [3.8, 4) is 0 Å². The molecule has 2 N–H and O–H groups in total. The summed E-state index contributed by atoms with van der Waals surface area (Å²) >= 11 is 0. The van der Waals surface area contributed by atoms with Crippen molar-refractivity contribution in [2.24, 2.45) is 5.41 Å². The quantitative estimate of drug-likeness (QED) is 0.836. The number of rotatable bonds is 6. The van der Waals surface area contributed by atoms with Crippen LogP contribution in [0.3, 0.4) is 0 Å². The van der Waals surface area contributed by atoms with Gasteiger partial charge in [0.15, 0.2) is 0 Å². The zero-order valence-corrected chi connectivity index (χ0v) is 12.9. The molecule has 1 fully saturated rings. The first-order valence-corrected chi connectivity index (χ1v) is 7.60. The number of hydrogen-bond acceptors (Lipinski definition) is 5. The molecule has 0 spiro atoms. The molecule has 1 aliphatic rings. The maximum atomic E-state index is 4.55. The van der Waals surface area contributed by atoms with Crippen LogP contribution in [0.15, 0.2) is 12.4 Å². The van der Waals surface area contributed by atoms with Crippen LogP contribution in [0.4, 0.5) is 11.6 Å². The van der Waals surface area contributed by atoms with E-state index in [1.807, 2.05) is 0 Å². The third kappa shape index (κ3) is 4.34. The Bertz CT molecular complexity index is 412. The molecule has 0 bridgehead atoms. The van der Waals surface area contributed by atoms with Gasteiger partial charge in [-0.3, -0.25) is 4.98 Å². The SMILES string of the molecule is CCCNc1cncc(NCC2(C)CCN(C)CC2)n1. The van der Waals surface area contributed by atoms with E-state index < -0.39 is 0 Å². The Morgan fingerprint density at radius 2 is 1.85 bits per heavy atom. The molecule has 5 heteroatoms. The smallest absolute Gasteiger partial charge is 0.146 e. The molecular weight excluding hydrogens is 250 g/mol. The van der Waals surface area contributed by atoms with Crippen molar-refractivity contribution in [3.63, 3.8) is 0 Å². The lowest BCUT2D eigenvalue weighted by Crippen LogP contribution is -2.40. The number of aromatic nitrogens is 2. The van der Waals surface area contributed by atoms with Gasteiger partial charge in [0.05, 0.1) is 12.4 Å². The zero-order valence-electron chi connectivity index (χ0n) is 12.9. The molecule has 0 saturated carbocycles. The average Bonchev–Trinajstić information content (AvgIpc) is 2.47. The van der Waals surface area contributed by atoms with Crippen molar-refractivity contribution >= 4 is 11.6 Å². The van der Waals surface area contributed by atoms with Crippen molar-refractivity contribution in [2.45, 2.75) is 33.1 Å². The number of nitrogens with zero attached hydrogens (tertiary/aromatic N) is 3. The minimum absolute atomic E-state index is 0.362. The number of likely N-dealkylation sites (tertiary alicyclic amines) is 1. The average molecular weight is 277 g/mol. The van der Waals surface area contributed by atoms with Gasteiger partial charge < -0.3 is 15.5 Å². The molecule has 0 unspecified atom stereocenters. The second-order valence-electron chi connectivity index (χ2n) is 6.18. The van der Waals surface area contributed by atoms with E-state index in [1.165, 1.54) is 25.9 Å². The highest BCUT2D eigenvalue weighted by atomic mass is 15.1. The Hall–Kier alpha value is -1.36. The highest BCUT2D eigenvalue weighted by molar-refractivity contribution is 5.41. The minimum atomic E-state index is 0.362. The van der Waals surface area contributed by atoms with Crippen LogP contribution in [0.1, 0.15) is 33.1 Å². The largest absolute Gasteiger partial charge is 0.369 e. The van der Waals surface area contributed by atoms with Gasteiger partial charge in [-0.2, -0.15) is 0 Å². The molecule has 112 valence electrons. The van der Waals surface area contributed by atoms with Crippen molar-refractivity contribution in [1.29, 1.82) is 0 Å². The summed E-state index contributed by atoms with van der Waals surface area (Å²) < 4.78 is 0. The van der Waals surface area contributed by atoms with Crippen molar-refractivity contribution in [1.82, 2.24) is 14.9 Å². The molecule has 0 aromatic carbocycles. The lowest BCUT2D eigenvalue weighted by atomic mass is 9.80. The molecule has 20 heavy (non-hydrogen) atoms. The lowest BCUT2D eigenvalue weighted by Gasteiger charge is -2.38. The predicted molar refractivity (Wildman–Crippen MR) is 84.1 cm³/mol. The second-order valence-corrected chi connectivity index (χ2v) is 6.18. The summed E-state index contributed by atoms with van der Waals surface area (Å²) in [5, 5.41) is 6.72. The van der Waals surface area contributed by atoms with Crippen LogP contribution in [0.5, 0.6) is 0 Å².